The summed E-state index contributed by atoms with van der Waals surface area (Å²) in [5.41, 5.74) is 0.466. The van der Waals surface area contributed by atoms with Crippen LogP contribution in [0.1, 0.15) is 18.4 Å². The highest BCUT2D eigenvalue weighted by atomic mass is 32.2. The molecule has 1 aromatic rings. The van der Waals surface area contributed by atoms with Crippen molar-refractivity contribution in [1.82, 2.24) is 9.62 Å². The minimum Gasteiger partial charge on any atom is -0.425 e. The fourth-order valence-electron chi connectivity index (χ4n) is 3.12. The molecular formula is C17H24F2N2O5S. The Morgan fingerprint density at radius 2 is 2.04 bits per heavy atom. The van der Waals surface area contributed by atoms with Crippen molar-refractivity contribution in [2.45, 2.75) is 38.0 Å². The molecule has 2 atom stereocenters. The molecule has 1 N–H and O–H groups in total. The zero-order valence-corrected chi connectivity index (χ0v) is 16.3. The second-order valence-electron chi connectivity index (χ2n) is 6.54. The van der Waals surface area contributed by atoms with Gasteiger partial charge in [0.15, 0.2) is 0 Å². The van der Waals surface area contributed by atoms with Crippen molar-refractivity contribution >= 4 is 15.9 Å². The maximum absolute atomic E-state index is 14.6. The van der Waals surface area contributed by atoms with Crippen LogP contribution in [0, 0.1) is 6.92 Å². The molecule has 1 saturated heterocycles. The first-order valence-corrected chi connectivity index (χ1v) is 10.3. The Labute approximate surface area is 157 Å². The predicted octanol–water partition coefficient (Wildman–Crippen LogP) is 1.52. The molecule has 1 amide bonds. The van der Waals surface area contributed by atoms with E-state index in [1.54, 1.807) is 19.1 Å². The molecule has 1 fully saturated rings. The molecule has 10 heteroatoms. The van der Waals surface area contributed by atoms with Gasteiger partial charge in [-0.2, -0.15) is 8.78 Å². The number of sulfonamides is 1. The van der Waals surface area contributed by atoms with Gasteiger partial charge in [0.1, 0.15) is 5.75 Å². The third kappa shape index (κ3) is 5.60. The van der Waals surface area contributed by atoms with Crippen LogP contribution in [0.15, 0.2) is 24.3 Å². The fraction of sp³-hybridized carbons (Fsp3) is 0.588. The molecule has 1 aliphatic rings. The van der Waals surface area contributed by atoms with Crippen molar-refractivity contribution in [3.05, 3.63) is 29.8 Å². The van der Waals surface area contributed by atoms with Crippen LogP contribution in [0.4, 0.5) is 8.78 Å². The summed E-state index contributed by atoms with van der Waals surface area (Å²) in [6.45, 7) is 1.57. The number of alkyl halides is 2. The van der Waals surface area contributed by atoms with Gasteiger partial charge in [-0.25, -0.2) is 13.1 Å². The highest BCUT2D eigenvalue weighted by Crippen LogP contribution is 2.29. The average Bonchev–Trinajstić information content (AvgIpc) is 2.56. The standard InChI is InChI=1S/C17H24F2N2O5S/c1-12-7-4-5-9-15(12)26-17(18,19)16(22)21-10-6-8-13(14(21)11-25-2)20-27(3,23)24/h4-5,7,9,13-14,20H,6,8,10-11H2,1-3H3/t13-,14-/m0/s1. The van der Waals surface area contributed by atoms with Gasteiger partial charge in [-0.15, -0.1) is 0 Å². The van der Waals surface area contributed by atoms with Gasteiger partial charge in [0, 0.05) is 19.7 Å². The quantitative estimate of drug-likeness (QED) is 0.742. The summed E-state index contributed by atoms with van der Waals surface area (Å²) in [6.07, 6.45) is -2.33. The minimum atomic E-state index is -4.09. The van der Waals surface area contributed by atoms with E-state index >= 15 is 0 Å². The smallest absolute Gasteiger partial charge is 0.425 e. The van der Waals surface area contributed by atoms with Crippen LogP contribution in [0.2, 0.25) is 0 Å². The Balaban J connectivity index is 2.24. The number of para-hydroxylation sites is 1. The largest absolute Gasteiger partial charge is 0.482 e. The lowest BCUT2D eigenvalue weighted by Crippen LogP contribution is -2.62. The first-order valence-electron chi connectivity index (χ1n) is 8.45. The Hall–Kier alpha value is -1.78. The molecule has 2 rings (SSSR count). The molecule has 0 saturated carbocycles. The molecule has 0 bridgehead atoms. The predicted molar refractivity (Wildman–Crippen MR) is 95.1 cm³/mol. The number of rotatable bonds is 7. The van der Waals surface area contributed by atoms with Crippen molar-refractivity contribution in [2.75, 3.05) is 26.5 Å². The van der Waals surface area contributed by atoms with Crippen LogP contribution in [0.3, 0.4) is 0 Å². The summed E-state index contributed by atoms with van der Waals surface area (Å²) in [5.74, 6) is -1.62. The van der Waals surface area contributed by atoms with Gasteiger partial charge in [0.05, 0.1) is 18.9 Å². The van der Waals surface area contributed by atoms with Gasteiger partial charge >= 0.3 is 12.0 Å². The maximum Gasteiger partial charge on any atom is 0.482 e. The summed E-state index contributed by atoms with van der Waals surface area (Å²) in [4.78, 5) is 13.5. The zero-order chi connectivity index (χ0) is 20.2. The first-order chi connectivity index (χ1) is 12.5. The number of nitrogens with zero attached hydrogens (tertiary/aromatic N) is 1. The number of halogens is 2. The summed E-state index contributed by atoms with van der Waals surface area (Å²) >= 11 is 0. The fourth-order valence-corrected chi connectivity index (χ4v) is 3.94. The number of amides is 1. The molecule has 0 aromatic heterocycles. The SMILES string of the molecule is COC[C@H]1[C@@H](NS(C)(=O)=O)CCCN1C(=O)C(F)(F)Oc1ccccc1C. The number of carbonyl (C=O) groups is 1. The van der Waals surface area contributed by atoms with E-state index in [2.05, 4.69) is 4.72 Å². The van der Waals surface area contributed by atoms with E-state index in [-0.39, 0.29) is 18.9 Å². The molecule has 0 radical (unpaired) electrons. The van der Waals surface area contributed by atoms with Gasteiger partial charge in [-0.3, -0.25) is 4.79 Å². The Morgan fingerprint density at radius 1 is 1.37 bits per heavy atom. The number of likely N-dealkylation sites (tertiary alicyclic amines) is 1. The molecule has 0 unspecified atom stereocenters. The molecule has 0 spiro atoms. The molecule has 0 aliphatic carbocycles. The molecule has 1 aromatic carbocycles. The highest BCUT2D eigenvalue weighted by molar-refractivity contribution is 7.88. The van der Waals surface area contributed by atoms with Gasteiger partial charge in [0.25, 0.3) is 0 Å². The number of methoxy groups -OCH3 is 1. The van der Waals surface area contributed by atoms with Gasteiger partial charge in [-0.05, 0) is 31.4 Å². The van der Waals surface area contributed by atoms with Crippen LogP contribution < -0.4 is 9.46 Å². The number of carbonyl (C=O) groups excluding carboxylic acids is 1. The molecule has 7 nitrogen and oxygen atoms in total. The summed E-state index contributed by atoms with van der Waals surface area (Å²) in [7, 11) is -2.22. The summed E-state index contributed by atoms with van der Waals surface area (Å²) in [6, 6.07) is 4.57. The lowest BCUT2D eigenvalue weighted by molar-refractivity contribution is -0.208. The number of piperidine rings is 1. The number of nitrogens with one attached hydrogen (secondary N) is 1. The number of aryl methyl sites for hydroxylation is 1. The van der Waals surface area contributed by atoms with Crippen LogP contribution in [0.25, 0.3) is 0 Å². The van der Waals surface area contributed by atoms with E-state index < -0.39 is 34.1 Å². The van der Waals surface area contributed by atoms with E-state index in [0.29, 0.717) is 18.4 Å². The Bertz CT molecular complexity index is 772. The van der Waals surface area contributed by atoms with E-state index in [9.17, 15) is 22.0 Å². The number of hydrogen-bond donors (Lipinski definition) is 1. The molecule has 1 heterocycles. The third-order valence-electron chi connectivity index (χ3n) is 4.32. The van der Waals surface area contributed by atoms with Gasteiger partial charge in [-0.1, -0.05) is 18.2 Å². The average molecular weight is 406 g/mol. The number of ether oxygens (including phenoxy) is 2. The highest BCUT2D eigenvalue weighted by Gasteiger charge is 2.49. The number of benzene rings is 1. The second kappa shape index (κ2) is 8.49. The van der Waals surface area contributed by atoms with Crippen molar-refractivity contribution in [1.29, 1.82) is 0 Å². The zero-order valence-electron chi connectivity index (χ0n) is 15.4. The number of hydrogen-bond acceptors (Lipinski definition) is 5. The molecule has 152 valence electrons. The third-order valence-corrected chi connectivity index (χ3v) is 5.05. The van der Waals surface area contributed by atoms with E-state index in [4.69, 9.17) is 9.47 Å². The van der Waals surface area contributed by atoms with E-state index in [1.807, 2.05) is 0 Å². The van der Waals surface area contributed by atoms with Crippen molar-refractivity contribution in [2.24, 2.45) is 0 Å². The Kier molecular flexibility index (Phi) is 6.77. The van der Waals surface area contributed by atoms with Gasteiger partial charge < -0.3 is 14.4 Å². The topological polar surface area (TPSA) is 84.9 Å². The van der Waals surface area contributed by atoms with Crippen molar-refractivity contribution in [3.63, 3.8) is 0 Å². The molecular weight excluding hydrogens is 382 g/mol. The van der Waals surface area contributed by atoms with Crippen molar-refractivity contribution in [3.8, 4) is 5.75 Å². The second-order valence-corrected chi connectivity index (χ2v) is 8.32. The molecule has 27 heavy (non-hydrogen) atoms. The van der Waals surface area contributed by atoms with Crippen LogP contribution in [-0.4, -0.2) is 63.9 Å². The van der Waals surface area contributed by atoms with Crippen LogP contribution in [-0.2, 0) is 19.6 Å². The van der Waals surface area contributed by atoms with Crippen LogP contribution in [0.5, 0.6) is 5.75 Å². The normalized spacial score (nSPS) is 21.1. The molecule has 1 aliphatic heterocycles. The summed E-state index contributed by atoms with van der Waals surface area (Å²) < 4.78 is 64.4. The van der Waals surface area contributed by atoms with E-state index in [0.717, 1.165) is 11.2 Å². The lowest BCUT2D eigenvalue weighted by atomic mass is 9.97. The lowest BCUT2D eigenvalue weighted by Gasteiger charge is -2.41. The Morgan fingerprint density at radius 3 is 2.63 bits per heavy atom. The monoisotopic (exact) mass is 406 g/mol. The minimum absolute atomic E-state index is 0.0571. The van der Waals surface area contributed by atoms with Crippen LogP contribution >= 0.6 is 0 Å². The van der Waals surface area contributed by atoms with E-state index in [1.165, 1.54) is 19.2 Å². The van der Waals surface area contributed by atoms with Gasteiger partial charge in [0.2, 0.25) is 10.0 Å². The van der Waals surface area contributed by atoms with Crippen molar-refractivity contribution < 1.29 is 31.5 Å². The summed E-state index contributed by atoms with van der Waals surface area (Å²) in [5, 5.41) is 0. The maximum atomic E-state index is 14.6. The first kappa shape index (κ1) is 21.5.